The number of methoxy groups -OCH3 is 2. The zero-order valence-electron chi connectivity index (χ0n) is 12.1. The van der Waals surface area contributed by atoms with E-state index < -0.39 is 0 Å². The summed E-state index contributed by atoms with van der Waals surface area (Å²) in [6, 6.07) is 10.2. The van der Waals surface area contributed by atoms with Gasteiger partial charge in [0.25, 0.3) is 0 Å². The Labute approximate surface area is 132 Å². The lowest BCUT2D eigenvalue weighted by Gasteiger charge is -2.19. The number of nitrogens with one attached hydrogen (secondary N) is 1. The van der Waals surface area contributed by atoms with Crippen molar-refractivity contribution in [1.82, 2.24) is 0 Å². The highest BCUT2D eigenvalue weighted by Gasteiger charge is 2.16. The number of halogens is 2. The number of hydrogen-bond donors (Lipinski definition) is 1. The molecule has 0 heterocycles. The minimum atomic E-state index is -0.290. The Morgan fingerprint density at radius 3 is 2.43 bits per heavy atom. The first kappa shape index (κ1) is 15.6. The number of benzene rings is 2. The largest absolute Gasteiger partial charge is 0.496 e. The molecule has 0 bridgehead atoms. The maximum absolute atomic E-state index is 14.0. The molecule has 0 aliphatic heterocycles. The number of rotatable bonds is 5. The number of hydrogen-bond acceptors (Lipinski definition) is 3. The Kier molecular flexibility index (Phi) is 5.07. The Hall–Kier alpha value is -1.75. The molecule has 0 aliphatic rings. The minimum Gasteiger partial charge on any atom is -0.496 e. The summed E-state index contributed by atoms with van der Waals surface area (Å²) in [5, 5.41) is 3.26. The lowest BCUT2D eigenvalue weighted by atomic mass is 10.1. The maximum Gasteiger partial charge on any atom is 0.133 e. The lowest BCUT2D eigenvalue weighted by molar-refractivity contribution is 0.402. The second-order valence-corrected chi connectivity index (χ2v) is 5.43. The van der Waals surface area contributed by atoms with Gasteiger partial charge in [0.15, 0.2) is 0 Å². The van der Waals surface area contributed by atoms with E-state index in [-0.39, 0.29) is 11.9 Å². The summed E-state index contributed by atoms with van der Waals surface area (Å²) in [4.78, 5) is 0. The van der Waals surface area contributed by atoms with Crippen LogP contribution in [-0.4, -0.2) is 14.2 Å². The van der Waals surface area contributed by atoms with Crippen molar-refractivity contribution >= 4 is 21.6 Å². The van der Waals surface area contributed by atoms with Crippen LogP contribution in [0.5, 0.6) is 11.5 Å². The van der Waals surface area contributed by atoms with E-state index in [0.717, 1.165) is 15.9 Å². The van der Waals surface area contributed by atoms with E-state index in [1.165, 1.54) is 13.2 Å². The van der Waals surface area contributed by atoms with Crippen LogP contribution in [-0.2, 0) is 0 Å². The summed E-state index contributed by atoms with van der Waals surface area (Å²) in [5.41, 5.74) is 1.37. The molecule has 2 aromatic carbocycles. The first-order valence-corrected chi connectivity index (χ1v) is 7.28. The van der Waals surface area contributed by atoms with Crippen molar-refractivity contribution in [3.63, 3.8) is 0 Å². The van der Waals surface area contributed by atoms with Gasteiger partial charge in [-0.3, -0.25) is 0 Å². The molecule has 2 aromatic rings. The van der Waals surface area contributed by atoms with Gasteiger partial charge in [-0.2, -0.15) is 0 Å². The van der Waals surface area contributed by atoms with Gasteiger partial charge in [-0.1, -0.05) is 6.07 Å². The highest BCUT2D eigenvalue weighted by Crippen LogP contribution is 2.32. The van der Waals surface area contributed by atoms with Crippen LogP contribution in [0.15, 0.2) is 40.9 Å². The lowest BCUT2D eigenvalue weighted by Crippen LogP contribution is -2.10. The zero-order valence-corrected chi connectivity index (χ0v) is 13.7. The van der Waals surface area contributed by atoms with Crippen molar-refractivity contribution in [3.8, 4) is 11.5 Å². The smallest absolute Gasteiger partial charge is 0.133 e. The summed E-state index contributed by atoms with van der Waals surface area (Å²) in [7, 11) is 3.15. The van der Waals surface area contributed by atoms with Crippen molar-refractivity contribution in [2.75, 3.05) is 19.5 Å². The van der Waals surface area contributed by atoms with E-state index >= 15 is 0 Å². The fraction of sp³-hybridized carbons (Fsp3) is 0.250. The van der Waals surface area contributed by atoms with Gasteiger partial charge in [-0.05, 0) is 53.2 Å². The van der Waals surface area contributed by atoms with Gasteiger partial charge in [-0.15, -0.1) is 0 Å². The van der Waals surface area contributed by atoms with Crippen molar-refractivity contribution in [1.29, 1.82) is 0 Å². The van der Waals surface area contributed by atoms with Crippen LogP contribution >= 0.6 is 15.9 Å². The molecule has 21 heavy (non-hydrogen) atoms. The summed E-state index contributed by atoms with van der Waals surface area (Å²) < 4.78 is 25.3. The molecule has 0 saturated heterocycles. The van der Waals surface area contributed by atoms with E-state index in [4.69, 9.17) is 9.47 Å². The predicted molar refractivity (Wildman–Crippen MR) is 85.7 cm³/mol. The molecule has 2 rings (SSSR count). The molecule has 1 unspecified atom stereocenters. The fourth-order valence-electron chi connectivity index (χ4n) is 2.19. The Balaban J connectivity index is 2.26. The molecule has 0 spiro atoms. The first-order valence-electron chi connectivity index (χ1n) is 6.49. The number of anilines is 1. The summed E-state index contributed by atoms with van der Waals surface area (Å²) in [6.07, 6.45) is 0. The van der Waals surface area contributed by atoms with E-state index in [1.54, 1.807) is 19.2 Å². The topological polar surface area (TPSA) is 30.5 Å². The molecular weight excluding hydrogens is 337 g/mol. The van der Waals surface area contributed by atoms with Crippen LogP contribution in [0.4, 0.5) is 10.1 Å². The van der Waals surface area contributed by atoms with Crippen LogP contribution in [0.3, 0.4) is 0 Å². The standard InChI is InChI=1S/C16H17BrFNO2/c1-10(16-13(18)5-4-6-15(16)21-3)19-11-7-8-14(20-2)12(17)9-11/h4-10,19H,1-3H3. The zero-order chi connectivity index (χ0) is 15.4. The van der Waals surface area contributed by atoms with Crippen molar-refractivity contribution in [3.05, 3.63) is 52.3 Å². The van der Waals surface area contributed by atoms with Gasteiger partial charge < -0.3 is 14.8 Å². The highest BCUT2D eigenvalue weighted by molar-refractivity contribution is 9.10. The molecule has 0 fully saturated rings. The van der Waals surface area contributed by atoms with Crippen LogP contribution in [0.2, 0.25) is 0 Å². The van der Waals surface area contributed by atoms with Crippen LogP contribution in [0, 0.1) is 5.82 Å². The normalized spacial score (nSPS) is 11.9. The second-order valence-electron chi connectivity index (χ2n) is 4.57. The van der Waals surface area contributed by atoms with E-state index in [1.807, 2.05) is 25.1 Å². The van der Waals surface area contributed by atoms with E-state index in [0.29, 0.717) is 11.3 Å². The molecule has 0 aliphatic carbocycles. The van der Waals surface area contributed by atoms with Crippen molar-refractivity contribution in [2.24, 2.45) is 0 Å². The summed E-state index contributed by atoms with van der Waals surface area (Å²) in [5.74, 6) is 0.987. The first-order chi connectivity index (χ1) is 10.1. The Morgan fingerprint density at radius 1 is 1.10 bits per heavy atom. The molecule has 5 heteroatoms. The molecule has 0 saturated carbocycles. The third-order valence-electron chi connectivity index (χ3n) is 3.20. The molecule has 0 aromatic heterocycles. The van der Waals surface area contributed by atoms with Crippen LogP contribution in [0.1, 0.15) is 18.5 Å². The van der Waals surface area contributed by atoms with Gasteiger partial charge in [-0.25, -0.2) is 4.39 Å². The average Bonchev–Trinajstić information content (AvgIpc) is 2.46. The molecule has 0 radical (unpaired) electrons. The molecule has 1 atom stereocenters. The van der Waals surface area contributed by atoms with Gasteiger partial charge in [0.05, 0.1) is 30.3 Å². The van der Waals surface area contributed by atoms with Gasteiger partial charge in [0.1, 0.15) is 17.3 Å². The van der Waals surface area contributed by atoms with Gasteiger partial charge in [0, 0.05) is 5.69 Å². The predicted octanol–water partition coefficient (Wildman–Crippen LogP) is 4.78. The molecular formula is C16H17BrFNO2. The molecule has 1 N–H and O–H groups in total. The monoisotopic (exact) mass is 353 g/mol. The quantitative estimate of drug-likeness (QED) is 0.838. The minimum absolute atomic E-state index is 0.235. The third-order valence-corrected chi connectivity index (χ3v) is 3.82. The molecule has 3 nitrogen and oxygen atoms in total. The average molecular weight is 354 g/mol. The van der Waals surface area contributed by atoms with E-state index in [9.17, 15) is 4.39 Å². The summed E-state index contributed by atoms with van der Waals surface area (Å²) in [6.45, 7) is 1.89. The highest BCUT2D eigenvalue weighted by atomic mass is 79.9. The Morgan fingerprint density at radius 2 is 1.81 bits per heavy atom. The van der Waals surface area contributed by atoms with Crippen molar-refractivity contribution < 1.29 is 13.9 Å². The van der Waals surface area contributed by atoms with Crippen molar-refractivity contribution in [2.45, 2.75) is 13.0 Å². The van der Waals surface area contributed by atoms with Gasteiger partial charge in [0.2, 0.25) is 0 Å². The van der Waals surface area contributed by atoms with Gasteiger partial charge >= 0.3 is 0 Å². The maximum atomic E-state index is 14.0. The van der Waals surface area contributed by atoms with Crippen LogP contribution in [0.25, 0.3) is 0 Å². The summed E-state index contributed by atoms with van der Waals surface area (Å²) >= 11 is 3.43. The van der Waals surface area contributed by atoms with Crippen LogP contribution < -0.4 is 14.8 Å². The fourth-order valence-corrected chi connectivity index (χ4v) is 2.73. The second kappa shape index (κ2) is 6.80. The Bertz CT molecular complexity index is 634. The number of ether oxygens (including phenoxy) is 2. The third kappa shape index (κ3) is 3.47. The molecule has 0 amide bonds. The SMILES string of the molecule is COc1ccc(NC(C)c2c(F)cccc2OC)cc1Br. The molecule has 112 valence electrons. The van der Waals surface area contributed by atoms with E-state index in [2.05, 4.69) is 21.2 Å².